The number of aromatic nitrogens is 1. The van der Waals surface area contributed by atoms with Gasteiger partial charge < -0.3 is 10.2 Å². The molecule has 1 N–H and O–H groups in total. The van der Waals surface area contributed by atoms with Gasteiger partial charge in [0.05, 0.1) is 12.1 Å². The van der Waals surface area contributed by atoms with E-state index in [-0.39, 0.29) is 24.4 Å². The Morgan fingerprint density at radius 2 is 2.12 bits per heavy atom. The van der Waals surface area contributed by atoms with Gasteiger partial charge in [0.1, 0.15) is 5.01 Å². The highest BCUT2D eigenvalue weighted by Crippen LogP contribution is 2.24. The zero-order chi connectivity index (χ0) is 16.2. The fourth-order valence-electron chi connectivity index (χ4n) is 2.87. The summed E-state index contributed by atoms with van der Waals surface area (Å²) < 4.78 is 0. The molecule has 1 aliphatic rings. The van der Waals surface area contributed by atoms with Crippen LogP contribution < -0.4 is 5.32 Å². The third-order valence-electron chi connectivity index (χ3n) is 4.31. The number of piperazine rings is 1. The second-order valence-corrected chi connectivity index (χ2v) is 6.87. The maximum absolute atomic E-state index is 12.5. The lowest BCUT2D eigenvalue weighted by atomic mass is 10.1. The molecule has 1 aromatic heterocycles. The van der Waals surface area contributed by atoms with Crippen LogP contribution in [-0.4, -0.2) is 41.5 Å². The summed E-state index contributed by atoms with van der Waals surface area (Å²) in [5.74, 6) is 0.178. The number of thiazole rings is 1. The van der Waals surface area contributed by atoms with Crippen molar-refractivity contribution in [3.05, 3.63) is 40.9 Å². The van der Waals surface area contributed by atoms with Crippen molar-refractivity contribution in [3.8, 4) is 10.6 Å². The topological polar surface area (TPSA) is 45.2 Å². The lowest BCUT2D eigenvalue weighted by Gasteiger charge is -2.33. The fraction of sp³-hybridized carbons (Fsp3) is 0.444. The summed E-state index contributed by atoms with van der Waals surface area (Å²) in [6.45, 7) is 6.78. The zero-order valence-corrected chi connectivity index (χ0v) is 15.8. The fourth-order valence-corrected chi connectivity index (χ4v) is 3.70. The van der Waals surface area contributed by atoms with E-state index >= 15 is 0 Å². The monoisotopic (exact) mass is 365 g/mol. The maximum atomic E-state index is 12.5. The van der Waals surface area contributed by atoms with Gasteiger partial charge in [0, 0.05) is 36.6 Å². The Labute approximate surface area is 153 Å². The van der Waals surface area contributed by atoms with Gasteiger partial charge >= 0.3 is 0 Å². The molecule has 1 aliphatic heterocycles. The highest BCUT2D eigenvalue weighted by Gasteiger charge is 2.23. The Balaban J connectivity index is 0.00000208. The van der Waals surface area contributed by atoms with Crippen molar-refractivity contribution in [3.63, 3.8) is 0 Å². The van der Waals surface area contributed by atoms with E-state index in [1.807, 2.05) is 10.3 Å². The molecular formula is C18H24ClN3OS. The molecule has 130 valence electrons. The number of nitrogens with one attached hydrogen (secondary N) is 1. The molecule has 2 heterocycles. The van der Waals surface area contributed by atoms with Crippen molar-refractivity contribution in [2.24, 2.45) is 0 Å². The van der Waals surface area contributed by atoms with Gasteiger partial charge in [-0.3, -0.25) is 4.79 Å². The van der Waals surface area contributed by atoms with Crippen LogP contribution in [0, 0.1) is 0 Å². The van der Waals surface area contributed by atoms with E-state index in [2.05, 4.69) is 48.4 Å². The van der Waals surface area contributed by atoms with E-state index < -0.39 is 0 Å². The van der Waals surface area contributed by atoms with Crippen molar-refractivity contribution < 1.29 is 4.79 Å². The highest BCUT2D eigenvalue weighted by atomic mass is 35.5. The van der Waals surface area contributed by atoms with Crippen LogP contribution in [0.5, 0.6) is 0 Å². The number of halogens is 1. The number of rotatable bonds is 4. The van der Waals surface area contributed by atoms with Crippen LogP contribution in [-0.2, 0) is 17.6 Å². The summed E-state index contributed by atoms with van der Waals surface area (Å²) in [5.41, 5.74) is 3.33. The second-order valence-electron chi connectivity index (χ2n) is 6.01. The predicted octanol–water partition coefficient (Wildman–Crippen LogP) is 3.16. The molecular weight excluding hydrogens is 342 g/mol. The van der Waals surface area contributed by atoms with Gasteiger partial charge in [-0.15, -0.1) is 23.7 Å². The smallest absolute Gasteiger partial charge is 0.228 e. The molecule has 1 saturated heterocycles. The number of aryl methyl sites for hydroxylation is 1. The van der Waals surface area contributed by atoms with Crippen LogP contribution in [0.1, 0.15) is 25.1 Å². The predicted molar refractivity (Wildman–Crippen MR) is 102 cm³/mol. The van der Waals surface area contributed by atoms with Crippen LogP contribution in [0.3, 0.4) is 0 Å². The van der Waals surface area contributed by atoms with Gasteiger partial charge in [0.15, 0.2) is 0 Å². The van der Waals surface area contributed by atoms with Gasteiger partial charge in [0.2, 0.25) is 5.91 Å². The first-order valence-electron chi connectivity index (χ1n) is 8.21. The Morgan fingerprint density at radius 3 is 2.79 bits per heavy atom. The minimum atomic E-state index is 0. The highest BCUT2D eigenvalue weighted by molar-refractivity contribution is 7.13. The van der Waals surface area contributed by atoms with Crippen molar-refractivity contribution in [1.29, 1.82) is 0 Å². The average molecular weight is 366 g/mol. The minimum absolute atomic E-state index is 0. The Kier molecular flexibility index (Phi) is 6.78. The van der Waals surface area contributed by atoms with Crippen molar-refractivity contribution >= 4 is 29.7 Å². The number of hydrogen-bond acceptors (Lipinski definition) is 4. The zero-order valence-electron chi connectivity index (χ0n) is 14.1. The second kappa shape index (κ2) is 8.60. The first kappa shape index (κ1) is 18.9. The van der Waals surface area contributed by atoms with Crippen LogP contribution in [0.15, 0.2) is 29.6 Å². The molecule has 4 nitrogen and oxygen atoms in total. The number of benzene rings is 1. The van der Waals surface area contributed by atoms with Crippen LogP contribution in [0.2, 0.25) is 0 Å². The van der Waals surface area contributed by atoms with Crippen molar-refractivity contribution in [1.82, 2.24) is 15.2 Å². The Morgan fingerprint density at radius 1 is 1.38 bits per heavy atom. The van der Waals surface area contributed by atoms with E-state index in [4.69, 9.17) is 0 Å². The Hall–Kier alpha value is -1.43. The molecule has 2 aromatic rings. The van der Waals surface area contributed by atoms with Crippen LogP contribution >= 0.6 is 23.7 Å². The minimum Gasteiger partial charge on any atom is -0.337 e. The Bertz CT molecular complexity index is 671. The molecule has 1 amide bonds. The summed E-state index contributed by atoms with van der Waals surface area (Å²) >= 11 is 1.61. The molecule has 6 heteroatoms. The molecule has 24 heavy (non-hydrogen) atoms. The normalized spacial score (nSPS) is 17.4. The molecule has 1 atom stereocenters. The quantitative estimate of drug-likeness (QED) is 0.905. The van der Waals surface area contributed by atoms with Crippen molar-refractivity contribution in [2.75, 3.05) is 19.6 Å². The van der Waals surface area contributed by atoms with Crippen molar-refractivity contribution in [2.45, 2.75) is 32.7 Å². The molecule has 0 spiro atoms. The summed E-state index contributed by atoms with van der Waals surface area (Å²) in [4.78, 5) is 19.1. The van der Waals surface area contributed by atoms with E-state index in [0.29, 0.717) is 6.42 Å². The van der Waals surface area contributed by atoms with E-state index in [1.165, 1.54) is 5.56 Å². The molecule has 0 bridgehead atoms. The van der Waals surface area contributed by atoms with Gasteiger partial charge in [0.25, 0.3) is 0 Å². The van der Waals surface area contributed by atoms with E-state index in [9.17, 15) is 4.79 Å². The third-order valence-corrected chi connectivity index (χ3v) is 5.26. The summed E-state index contributed by atoms with van der Waals surface area (Å²) in [7, 11) is 0. The standard InChI is InChI=1S/C18H23N3OS.ClH/c1-3-14-4-6-15(7-5-14)18-20-16(12-23-18)10-17(22)21-9-8-19-11-13(21)2;/h4-7,12-13,19H,3,8-11H2,1-2H3;1H/t13-;/m0./s1. The van der Waals surface area contributed by atoms with Gasteiger partial charge in [-0.2, -0.15) is 0 Å². The van der Waals surface area contributed by atoms with E-state index in [0.717, 1.165) is 42.3 Å². The largest absolute Gasteiger partial charge is 0.337 e. The number of amides is 1. The van der Waals surface area contributed by atoms with Gasteiger partial charge in [-0.25, -0.2) is 4.98 Å². The lowest BCUT2D eigenvalue weighted by molar-refractivity contribution is -0.133. The number of carbonyl (C=O) groups excluding carboxylic acids is 1. The summed E-state index contributed by atoms with van der Waals surface area (Å²) in [6.07, 6.45) is 1.44. The molecule has 1 aromatic carbocycles. The molecule has 0 saturated carbocycles. The summed E-state index contributed by atoms with van der Waals surface area (Å²) in [5, 5.41) is 6.31. The molecule has 1 fully saturated rings. The van der Waals surface area contributed by atoms with E-state index in [1.54, 1.807) is 11.3 Å². The first-order valence-corrected chi connectivity index (χ1v) is 9.09. The molecule has 3 rings (SSSR count). The summed E-state index contributed by atoms with van der Waals surface area (Å²) in [6, 6.07) is 8.77. The third kappa shape index (κ3) is 4.35. The number of hydrogen-bond donors (Lipinski definition) is 1. The van der Waals surface area contributed by atoms with Crippen LogP contribution in [0.4, 0.5) is 0 Å². The van der Waals surface area contributed by atoms with Crippen LogP contribution in [0.25, 0.3) is 10.6 Å². The SMILES string of the molecule is CCc1ccc(-c2nc(CC(=O)N3CCNC[C@@H]3C)cs2)cc1.Cl. The molecule has 0 radical (unpaired) electrons. The van der Waals surface area contributed by atoms with Gasteiger partial charge in [-0.05, 0) is 18.9 Å². The number of nitrogens with zero attached hydrogens (tertiary/aromatic N) is 2. The maximum Gasteiger partial charge on any atom is 0.228 e. The average Bonchev–Trinajstić information content (AvgIpc) is 3.03. The first-order chi connectivity index (χ1) is 11.2. The number of carbonyl (C=O) groups is 1. The molecule has 0 aliphatic carbocycles. The lowest BCUT2D eigenvalue weighted by Crippen LogP contribution is -2.52. The molecule has 0 unspecified atom stereocenters. The van der Waals surface area contributed by atoms with Gasteiger partial charge in [-0.1, -0.05) is 31.2 Å².